The molecule has 3 N–H and O–H groups in total. The zero-order valence-corrected chi connectivity index (χ0v) is 18.6. The first kappa shape index (κ1) is 19.1. The van der Waals surface area contributed by atoms with Gasteiger partial charge >= 0.3 is 0 Å². The second-order valence-corrected chi connectivity index (χ2v) is 10.8. The highest BCUT2D eigenvalue weighted by Crippen LogP contribution is 2.47. The minimum absolute atomic E-state index is 0.0785. The van der Waals surface area contributed by atoms with Gasteiger partial charge in [0, 0.05) is 15.5 Å². The number of carbonyl (C=O) groups is 1. The van der Waals surface area contributed by atoms with Crippen molar-refractivity contribution in [2.45, 2.75) is 46.2 Å². The van der Waals surface area contributed by atoms with E-state index in [1.165, 1.54) is 10.4 Å². The first-order chi connectivity index (χ1) is 12.6. The molecule has 144 valence electrons. The molecular formula is C20H22BrClN2O2S. The summed E-state index contributed by atoms with van der Waals surface area (Å²) in [7, 11) is 0. The number of anilines is 1. The summed E-state index contributed by atoms with van der Waals surface area (Å²) in [6.07, 6.45) is 2.55. The Labute approximate surface area is 176 Å². The summed E-state index contributed by atoms with van der Waals surface area (Å²) in [5, 5.41) is 18.2. The molecule has 0 fully saturated rings. The molecule has 0 bridgehead atoms. The number of amides is 1. The Morgan fingerprint density at radius 2 is 2.04 bits per heavy atom. The van der Waals surface area contributed by atoms with Crippen molar-refractivity contribution < 1.29 is 9.90 Å². The summed E-state index contributed by atoms with van der Waals surface area (Å²) >= 11 is 11.1. The van der Waals surface area contributed by atoms with Gasteiger partial charge in [0.15, 0.2) is 0 Å². The number of halogens is 2. The van der Waals surface area contributed by atoms with Crippen molar-refractivity contribution in [1.29, 1.82) is 0 Å². The number of aromatic hydroxyl groups is 1. The molecule has 2 aromatic rings. The Balaban J connectivity index is 1.69. The van der Waals surface area contributed by atoms with E-state index < -0.39 is 6.17 Å². The molecule has 0 unspecified atom stereocenters. The van der Waals surface area contributed by atoms with Gasteiger partial charge in [-0.3, -0.25) is 4.79 Å². The number of hydrogen-bond acceptors (Lipinski definition) is 4. The van der Waals surface area contributed by atoms with E-state index in [1.54, 1.807) is 23.5 Å². The van der Waals surface area contributed by atoms with Crippen molar-refractivity contribution in [1.82, 2.24) is 5.32 Å². The Morgan fingerprint density at radius 3 is 2.74 bits per heavy atom. The van der Waals surface area contributed by atoms with Crippen LogP contribution in [-0.2, 0) is 12.8 Å². The lowest BCUT2D eigenvalue weighted by Gasteiger charge is -2.34. The highest BCUT2D eigenvalue weighted by atomic mass is 79.9. The van der Waals surface area contributed by atoms with Crippen molar-refractivity contribution in [3.8, 4) is 5.75 Å². The summed E-state index contributed by atoms with van der Waals surface area (Å²) in [6, 6.07) is 3.31. The number of rotatable bonds is 1. The molecule has 27 heavy (non-hydrogen) atoms. The summed E-state index contributed by atoms with van der Waals surface area (Å²) in [5.74, 6) is 0.614. The lowest BCUT2D eigenvalue weighted by atomic mass is 9.72. The van der Waals surface area contributed by atoms with Gasteiger partial charge in [0.05, 0.1) is 10.0 Å². The van der Waals surface area contributed by atoms with Crippen LogP contribution in [-0.4, -0.2) is 11.0 Å². The van der Waals surface area contributed by atoms with Crippen LogP contribution in [0.15, 0.2) is 16.6 Å². The van der Waals surface area contributed by atoms with Crippen molar-refractivity contribution in [2.75, 3.05) is 5.32 Å². The maximum atomic E-state index is 12.9. The van der Waals surface area contributed by atoms with Crippen LogP contribution in [0, 0.1) is 11.3 Å². The fourth-order valence-electron chi connectivity index (χ4n) is 4.00. The lowest BCUT2D eigenvalue weighted by Crippen LogP contribution is -2.38. The van der Waals surface area contributed by atoms with Gasteiger partial charge in [-0.05, 0) is 64.2 Å². The fraction of sp³-hybridized carbons (Fsp3) is 0.450. The molecule has 2 heterocycles. The second-order valence-electron chi connectivity index (χ2n) is 8.39. The van der Waals surface area contributed by atoms with Gasteiger partial charge in [0.1, 0.15) is 16.9 Å². The smallest absolute Gasteiger partial charge is 0.256 e. The summed E-state index contributed by atoms with van der Waals surface area (Å²) < 4.78 is 0.505. The average molecular weight is 470 g/mol. The van der Waals surface area contributed by atoms with E-state index in [4.69, 9.17) is 11.6 Å². The van der Waals surface area contributed by atoms with E-state index in [2.05, 4.69) is 47.3 Å². The molecule has 0 radical (unpaired) electrons. The molecule has 0 saturated carbocycles. The van der Waals surface area contributed by atoms with E-state index in [1.807, 2.05) is 0 Å². The Bertz CT molecular complexity index is 935. The molecule has 4 rings (SSSR count). The monoisotopic (exact) mass is 468 g/mol. The van der Waals surface area contributed by atoms with Crippen molar-refractivity contribution in [3.05, 3.63) is 43.2 Å². The summed E-state index contributed by atoms with van der Waals surface area (Å²) in [5.41, 5.74) is 2.78. The number of carbonyl (C=O) groups excluding carboxylic acids is 1. The van der Waals surface area contributed by atoms with Gasteiger partial charge in [-0.15, -0.1) is 11.3 Å². The molecule has 0 saturated heterocycles. The first-order valence-corrected chi connectivity index (χ1v) is 11.0. The molecule has 1 aromatic heterocycles. The summed E-state index contributed by atoms with van der Waals surface area (Å²) in [4.78, 5) is 14.2. The third-order valence-electron chi connectivity index (χ3n) is 5.64. The maximum Gasteiger partial charge on any atom is 0.256 e. The zero-order valence-electron chi connectivity index (χ0n) is 15.5. The molecule has 0 spiro atoms. The van der Waals surface area contributed by atoms with Crippen LogP contribution in [0.4, 0.5) is 5.00 Å². The van der Waals surface area contributed by atoms with Gasteiger partial charge in [0.2, 0.25) is 0 Å². The van der Waals surface area contributed by atoms with Crippen molar-refractivity contribution in [2.24, 2.45) is 11.3 Å². The maximum absolute atomic E-state index is 12.9. The van der Waals surface area contributed by atoms with Gasteiger partial charge < -0.3 is 15.7 Å². The van der Waals surface area contributed by atoms with Crippen LogP contribution in [0.5, 0.6) is 5.75 Å². The lowest BCUT2D eigenvalue weighted by molar-refractivity contribution is 0.0934. The van der Waals surface area contributed by atoms with Gasteiger partial charge in [-0.2, -0.15) is 0 Å². The topological polar surface area (TPSA) is 61.4 Å². The van der Waals surface area contributed by atoms with E-state index in [0.717, 1.165) is 29.8 Å². The van der Waals surface area contributed by atoms with Crippen LogP contribution in [0.3, 0.4) is 0 Å². The van der Waals surface area contributed by atoms with E-state index in [-0.39, 0.29) is 17.1 Å². The molecule has 1 aliphatic heterocycles. The number of phenols is 1. The third-order valence-corrected chi connectivity index (χ3v) is 7.64. The highest BCUT2D eigenvalue weighted by molar-refractivity contribution is 9.10. The molecule has 1 aliphatic carbocycles. The number of benzene rings is 1. The molecular weight excluding hydrogens is 448 g/mol. The first-order valence-electron chi connectivity index (χ1n) is 9.05. The predicted octanol–water partition coefficient (Wildman–Crippen LogP) is 5.87. The number of fused-ring (bicyclic) bond motifs is 3. The third kappa shape index (κ3) is 3.36. The Morgan fingerprint density at radius 1 is 1.30 bits per heavy atom. The number of thiophene rings is 1. The predicted molar refractivity (Wildman–Crippen MR) is 114 cm³/mol. The van der Waals surface area contributed by atoms with E-state index >= 15 is 0 Å². The highest BCUT2D eigenvalue weighted by Gasteiger charge is 2.37. The van der Waals surface area contributed by atoms with Crippen LogP contribution >= 0.6 is 38.9 Å². The van der Waals surface area contributed by atoms with Crippen molar-refractivity contribution >= 4 is 49.8 Å². The standard InChI is InChI=1S/C20H22BrClN2O2S/c1-20(2,3)9-4-5-11-14(6-9)27-19-15(11)18(26)23-17(24-19)12-7-10(22)8-13(21)16(12)25/h7-9,17,24-25H,4-6H2,1-3H3,(H,23,26)/t9-,17+/m1/s1. The average Bonchev–Trinajstić information content (AvgIpc) is 2.95. The number of nitrogens with one attached hydrogen (secondary N) is 2. The molecule has 4 nitrogen and oxygen atoms in total. The minimum Gasteiger partial charge on any atom is -0.506 e. The van der Waals surface area contributed by atoms with Crippen LogP contribution in [0.1, 0.15) is 59.7 Å². The second kappa shape index (κ2) is 6.68. The Hall–Kier alpha value is -1.24. The van der Waals surface area contributed by atoms with Gasteiger partial charge in [-0.1, -0.05) is 32.4 Å². The number of phenolic OH excluding ortho intramolecular Hbond substituents is 1. The normalized spacial score (nSPS) is 21.9. The number of hydrogen-bond donors (Lipinski definition) is 3. The van der Waals surface area contributed by atoms with Crippen LogP contribution in [0.25, 0.3) is 0 Å². The minimum atomic E-state index is -0.515. The summed E-state index contributed by atoms with van der Waals surface area (Å²) in [6.45, 7) is 6.87. The molecule has 1 amide bonds. The molecule has 1 aromatic carbocycles. The van der Waals surface area contributed by atoms with E-state index in [0.29, 0.717) is 21.0 Å². The Kier molecular flexibility index (Phi) is 4.72. The van der Waals surface area contributed by atoms with Gasteiger partial charge in [-0.25, -0.2) is 0 Å². The molecule has 7 heteroatoms. The van der Waals surface area contributed by atoms with E-state index in [9.17, 15) is 9.90 Å². The molecule has 2 atom stereocenters. The largest absolute Gasteiger partial charge is 0.506 e. The van der Waals surface area contributed by atoms with Crippen molar-refractivity contribution in [3.63, 3.8) is 0 Å². The quantitative estimate of drug-likeness (QED) is 0.489. The zero-order chi connectivity index (χ0) is 19.5. The molecule has 2 aliphatic rings. The van der Waals surface area contributed by atoms with Crippen LogP contribution < -0.4 is 10.6 Å². The fourth-order valence-corrected chi connectivity index (χ4v) is 6.19. The van der Waals surface area contributed by atoms with Crippen LogP contribution in [0.2, 0.25) is 5.02 Å². The van der Waals surface area contributed by atoms with Gasteiger partial charge in [0.25, 0.3) is 5.91 Å². The SMILES string of the molecule is CC(C)(C)[C@@H]1CCc2c(sc3c2C(=O)N[C@H](c2cc(Cl)cc(Br)c2O)N3)C1.